The highest BCUT2D eigenvalue weighted by molar-refractivity contribution is 5.83. The molecule has 5 rings (SSSR count). The van der Waals surface area contributed by atoms with Crippen LogP contribution in [-0.2, 0) is 0 Å². The lowest BCUT2D eigenvalue weighted by Gasteiger charge is -2.27. The molecule has 2 fully saturated rings. The van der Waals surface area contributed by atoms with Crippen LogP contribution in [0.2, 0.25) is 0 Å². The topological polar surface area (TPSA) is 79.7 Å². The Morgan fingerprint density at radius 3 is 2.62 bits per heavy atom. The Kier molecular flexibility index (Phi) is 4.70. The predicted molar refractivity (Wildman–Crippen MR) is 112 cm³/mol. The van der Waals surface area contributed by atoms with E-state index in [2.05, 4.69) is 57.5 Å². The number of rotatable bonds is 4. The van der Waals surface area contributed by atoms with Gasteiger partial charge in [0.25, 0.3) is 5.56 Å². The second kappa shape index (κ2) is 7.37. The van der Waals surface area contributed by atoms with E-state index in [0.29, 0.717) is 6.04 Å². The molecule has 3 heterocycles. The lowest BCUT2D eigenvalue weighted by atomic mass is 10.00. The number of likely N-dealkylation sites (tertiary alicyclic amines) is 1. The van der Waals surface area contributed by atoms with E-state index < -0.39 is 0 Å². The van der Waals surface area contributed by atoms with Gasteiger partial charge in [0.1, 0.15) is 6.04 Å². The molecule has 1 unspecified atom stereocenters. The van der Waals surface area contributed by atoms with Crippen molar-refractivity contribution in [1.29, 1.82) is 0 Å². The van der Waals surface area contributed by atoms with Gasteiger partial charge in [-0.2, -0.15) is 0 Å². The Bertz CT molecular complexity index is 1090. The van der Waals surface area contributed by atoms with Gasteiger partial charge in [-0.3, -0.25) is 9.69 Å². The van der Waals surface area contributed by atoms with Crippen LogP contribution in [0.1, 0.15) is 73.1 Å². The Balaban J connectivity index is 1.67. The molecule has 0 spiro atoms. The molecule has 152 valence electrons. The maximum absolute atomic E-state index is 13.3. The van der Waals surface area contributed by atoms with Crippen LogP contribution < -0.4 is 5.56 Å². The van der Waals surface area contributed by atoms with E-state index in [-0.39, 0.29) is 11.6 Å². The van der Waals surface area contributed by atoms with Crippen molar-refractivity contribution in [3.63, 3.8) is 0 Å². The van der Waals surface area contributed by atoms with Gasteiger partial charge >= 0.3 is 0 Å². The number of nitrogens with one attached hydrogen (secondary N) is 1. The average Bonchev–Trinajstić information content (AvgIpc) is 3.48. The maximum Gasteiger partial charge on any atom is 0.253 e. The summed E-state index contributed by atoms with van der Waals surface area (Å²) in [7, 11) is 0. The summed E-state index contributed by atoms with van der Waals surface area (Å²) >= 11 is 0. The molecule has 1 saturated heterocycles. The third-order valence-electron chi connectivity index (χ3n) is 6.81. The van der Waals surface area contributed by atoms with E-state index in [1.165, 1.54) is 18.4 Å². The standard InChI is InChI=1S/C22H28N6O/c1-14-9-10-16-13-18(22(29)23-19(16)15(14)2)20(27-11-5-6-12-27)21-24-25-26-28(21)17-7-3-4-8-17/h9-10,13,17,20H,3-8,11-12H2,1-2H3,(H,23,29). The number of aromatic nitrogens is 5. The molecule has 1 atom stereocenters. The van der Waals surface area contributed by atoms with Gasteiger partial charge in [0.2, 0.25) is 0 Å². The molecule has 7 heteroatoms. The molecule has 7 nitrogen and oxygen atoms in total. The molecule has 0 radical (unpaired) electrons. The molecule has 0 amide bonds. The zero-order valence-corrected chi connectivity index (χ0v) is 17.2. The fraction of sp³-hybridized carbons (Fsp3) is 0.545. The van der Waals surface area contributed by atoms with Gasteiger partial charge in [0.15, 0.2) is 5.82 Å². The number of benzene rings is 1. The van der Waals surface area contributed by atoms with Crippen LogP contribution in [0.4, 0.5) is 0 Å². The molecule has 1 aliphatic heterocycles. The molecule has 2 aromatic heterocycles. The van der Waals surface area contributed by atoms with Gasteiger partial charge in [-0.25, -0.2) is 4.68 Å². The van der Waals surface area contributed by atoms with E-state index >= 15 is 0 Å². The van der Waals surface area contributed by atoms with Crippen LogP contribution in [0.3, 0.4) is 0 Å². The summed E-state index contributed by atoms with van der Waals surface area (Å²) in [6.07, 6.45) is 6.94. The Hall–Kier alpha value is -2.54. The smallest absolute Gasteiger partial charge is 0.253 e. The second-order valence-electron chi connectivity index (χ2n) is 8.59. The van der Waals surface area contributed by atoms with Crippen molar-refractivity contribution in [3.05, 3.63) is 51.1 Å². The summed E-state index contributed by atoms with van der Waals surface area (Å²) in [5.74, 6) is 0.812. The molecule has 3 aromatic rings. The summed E-state index contributed by atoms with van der Waals surface area (Å²) in [6.45, 7) is 6.06. The van der Waals surface area contributed by atoms with Crippen molar-refractivity contribution >= 4 is 10.9 Å². The summed E-state index contributed by atoms with van der Waals surface area (Å²) in [6, 6.07) is 6.40. The normalized spacial score (nSPS) is 19.4. The molecule has 1 aromatic carbocycles. The zero-order chi connectivity index (χ0) is 20.0. The fourth-order valence-electron chi connectivity index (χ4n) is 5.03. The van der Waals surface area contributed by atoms with Crippen molar-refractivity contribution in [2.75, 3.05) is 13.1 Å². The van der Waals surface area contributed by atoms with E-state index in [0.717, 1.165) is 66.6 Å². The van der Waals surface area contributed by atoms with E-state index in [1.54, 1.807) is 0 Å². The number of nitrogens with zero attached hydrogens (tertiary/aromatic N) is 5. The first kappa shape index (κ1) is 18.5. The molecular formula is C22H28N6O. The van der Waals surface area contributed by atoms with Gasteiger partial charge in [0, 0.05) is 5.56 Å². The van der Waals surface area contributed by atoms with Gasteiger partial charge in [-0.1, -0.05) is 25.0 Å². The first-order chi connectivity index (χ1) is 14.1. The lowest BCUT2D eigenvalue weighted by Crippen LogP contribution is -2.34. The lowest BCUT2D eigenvalue weighted by molar-refractivity contribution is 0.256. The first-order valence-electron chi connectivity index (χ1n) is 10.8. The van der Waals surface area contributed by atoms with Crippen LogP contribution >= 0.6 is 0 Å². The van der Waals surface area contributed by atoms with E-state index in [1.807, 2.05) is 4.68 Å². The highest BCUT2D eigenvalue weighted by Gasteiger charge is 2.34. The van der Waals surface area contributed by atoms with Crippen molar-refractivity contribution in [2.24, 2.45) is 0 Å². The first-order valence-corrected chi connectivity index (χ1v) is 10.8. The number of H-pyrrole nitrogens is 1. The Labute approximate surface area is 170 Å². The minimum Gasteiger partial charge on any atom is -0.321 e. The van der Waals surface area contributed by atoms with Gasteiger partial charge < -0.3 is 4.98 Å². The number of hydrogen-bond acceptors (Lipinski definition) is 5. The van der Waals surface area contributed by atoms with Gasteiger partial charge in [-0.05, 0) is 85.6 Å². The summed E-state index contributed by atoms with van der Waals surface area (Å²) in [4.78, 5) is 18.8. The van der Waals surface area contributed by atoms with Gasteiger partial charge in [-0.15, -0.1) is 5.10 Å². The Morgan fingerprint density at radius 2 is 1.86 bits per heavy atom. The fourth-order valence-corrected chi connectivity index (χ4v) is 5.03. The number of hydrogen-bond donors (Lipinski definition) is 1. The minimum atomic E-state index is -0.206. The summed E-state index contributed by atoms with van der Waals surface area (Å²) in [5, 5.41) is 13.9. The summed E-state index contributed by atoms with van der Waals surface area (Å²) in [5.41, 5.74) is 3.94. The van der Waals surface area contributed by atoms with Crippen molar-refractivity contribution in [1.82, 2.24) is 30.1 Å². The highest BCUT2D eigenvalue weighted by atomic mass is 16.1. The molecule has 2 aliphatic rings. The van der Waals surface area contributed by atoms with E-state index in [9.17, 15) is 4.79 Å². The number of pyridine rings is 1. The van der Waals surface area contributed by atoms with Crippen molar-refractivity contribution < 1.29 is 0 Å². The molecular weight excluding hydrogens is 364 g/mol. The van der Waals surface area contributed by atoms with Crippen LogP contribution in [0.5, 0.6) is 0 Å². The molecule has 1 aliphatic carbocycles. The van der Waals surface area contributed by atoms with Crippen LogP contribution in [-0.4, -0.2) is 43.2 Å². The maximum atomic E-state index is 13.3. The zero-order valence-electron chi connectivity index (χ0n) is 17.2. The quantitative estimate of drug-likeness (QED) is 0.736. The number of aromatic amines is 1. The molecule has 29 heavy (non-hydrogen) atoms. The van der Waals surface area contributed by atoms with Crippen LogP contribution in [0.25, 0.3) is 10.9 Å². The van der Waals surface area contributed by atoms with Crippen LogP contribution in [0.15, 0.2) is 23.0 Å². The third-order valence-corrected chi connectivity index (χ3v) is 6.81. The second-order valence-corrected chi connectivity index (χ2v) is 8.59. The van der Waals surface area contributed by atoms with Gasteiger partial charge in [0.05, 0.1) is 11.6 Å². The highest BCUT2D eigenvalue weighted by Crippen LogP contribution is 2.35. The monoisotopic (exact) mass is 392 g/mol. The third kappa shape index (κ3) is 3.17. The van der Waals surface area contributed by atoms with Crippen molar-refractivity contribution in [3.8, 4) is 0 Å². The molecule has 0 bridgehead atoms. The largest absolute Gasteiger partial charge is 0.321 e. The van der Waals surface area contributed by atoms with E-state index in [4.69, 9.17) is 0 Å². The number of aryl methyl sites for hydroxylation is 2. The summed E-state index contributed by atoms with van der Waals surface area (Å²) < 4.78 is 2.00. The minimum absolute atomic E-state index is 0.0379. The SMILES string of the molecule is Cc1ccc2cc(C(c3nnnn3C3CCCC3)N3CCCC3)c(=O)[nH]c2c1C. The average molecular weight is 393 g/mol. The molecule has 1 N–H and O–H groups in total. The van der Waals surface area contributed by atoms with Crippen LogP contribution in [0, 0.1) is 13.8 Å². The Morgan fingerprint density at radius 1 is 1.10 bits per heavy atom. The van der Waals surface area contributed by atoms with Crippen molar-refractivity contribution in [2.45, 2.75) is 64.5 Å². The number of tetrazole rings is 1. The predicted octanol–water partition coefficient (Wildman–Crippen LogP) is 3.43. The number of fused-ring (bicyclic) bond motifs is 1. The molecule has 1 saturated carbocycles.